The molecule has 0 spiro atoms. The summed E-state index contributed by atoms with van der Waals surface area (Å²) in [5.41, 5.74) is 0.183. The molecule has 0 aliphatic heterocycles. The van der Waals surface area contributed by atoms with E-state index in [1.807, 2.05) is 6.07 Å². The van der Waals surface area contributed by atoms with Crippen molar-refractivity contribution in [3.05, 3.63) is 34.7 Å². The third kappa shape index (κ3) is 1.59. The summed E-state index contributed by atoms with van der Waals surface area (Å²) in [6.45, 7) is 0. The normalized spacial score (nSPS) is 10.6. The Bertz CT molecular complexity index is 516. The van der Waals surface area contributed by atoms with Crippen molar-refractivity contribution in [2.75, 3.05) is 0 Å². The predicted octanol–water partition coefficient (Wildman–Crippen LogP) is 2.37. The van der Waals surface area contributed by atoms with Crippen molar-refractivity contribution in [2.24, 2.45) is 0 Å². The van der Waals surface area contributed by atoms with Crippen LogP contribution in [-0.4, -0.2) is 0 Å². The summed E-state index contributed by atoms with van der Waals surface area (Å²) < 4.78 is 4.96. The number of fused-ring (bicyclic) bond motifs is 1. The first-order valence-electron chi connectivity index (χ1n) is 3.62. The van der Waals surface area contributed by atoms with Crippen LogP contribution in [0.4, 0.5) is 0 Å². The number of rotatable bonds is 0. The fraction of sp³-hybridized carbons (Fsp3) is 0. The predicted molar refractivity (Wildman–Crippen MR) is 57.0 cm³/mol. The molecule has 0 fully saturated rings. The van der Waals surface area contributed by atoms with E-state index in [9.17, 15) is 4.79 Å². The second kappa shape index (κ2) is 3.12. The Morgan fingerprint density at radius 2 is 1.77 bits per heavy atom. The van der Waals surface area contributed by atoms with Crippen LogP contribution in [0.15, 0.2) is 43.3 Å². The minimum Gasteiger partial charge on any atom is -0.423 e. The monoisotopic (exact) mass is 210 g/mol. The maximum Gasteiger partial charge on any atom is 0.336 e. The molecule has 0 aliphatic carbocycles. The lowest BCUT2D eigenvalue weighted by atomic mass is 10.2. The van der Waals surface area contributed by atoms with Gasteiger partial charge in [0, 0.05) is 21.2 Å². The zero-order chi connectivity index (χ0) is 9.42. The van der Waals surface area contributed by atoms with Gasteiger partial charge >= 0.3 is 5.63 Å². The van der Waals surface area contributed by atoms with Crippen molar-refractivity contribution in [2.45, 2.75) is 9.79 Å². The van der Waals surface area contributed by atoms with Gasteiger partial charge in [-0.2, -0.15) is 0 Å². The van der Waals surface area contributed by atoms with Crippen molar-refractivity contribution in [3.8, 4) is 0 Å². The van der Waals surface area contributed by atoms with E-state index in [1.165, 1.54) is 6.07 Å². The van der Waals surface area contributed by atoms with Gasteiger partial charge in [-0.3, -0.25) is 0 Å². The lowest BCUT2D eigenvalue weighted by Crippen LogP contribution is -1.94. The number of hydrogen-bond donors (Lipinski definition) is 2. The minimum atomic E-state index is -0.354. The maximum atomic E-state index is 10.9. The summed E-state index contributed by atoms with van der Waals surface area (Å²) in [6.07, 6.45) is 0. The van der Waals surface area contributed by atoms with Crippen LogP contribution in [0.1, 0.15) is 0 Å². The van der Waals surface area contributed by atoms with Crippen molar-refractivity contribution in [1.82, 2.24) is 0 Å². The van der Waals surface area contributed by atoms with Gasteiger partial charge in [0.15, 0.2) is 0 Å². The molecule has 13 heavy (non-hydrogen) atoms. The summed E-state index contributed by atoms with van der Waals surface area (Å²) in [5.74, 6) is 0. The van der Waals surface area contributed by atoms with Crippen LogP contribution in [0.25, 0.3) is 11.0 Å². The smallest absolute Gasteiger partial charge is 0.336 e. The van der Waals surface area contributed by atoms with Gasteiger partial charge in [0.05, 0.1) is 0 Å². The van der Waals surface area contributed by atoms with E-state index in [0.29, 0.717) is 10.5 Å². The van der Waals surface area contributed by atoms with Crippen LogP contribution in [0, 0.1) is 0 Å². The molecule has 1 aromatic carbocycles. The third-order valence-corrected chi connectivity index (χ3v) is 2.63. The molecule has 0 amide bonds. The minimum absolute atomic E-state index is 0.354. The lowest BCUT2D eigenvalue weighted by molar-refractivity contribution is 0.560. The number of hydrogen-bond acceptors (Lipinski definition) is 4. The van der Waals surface area contributed by atoms with Crippen LogP contribution in [0.3, 0.4) is 0 Å². The molecule has 2 nitrogen and oxygen atoms in total. The highest BCUT2D eigenvalue weighted by molar-refractivity contribution is 7.83. The van der Waals surface area contributed by atoms with Crippen LogP contribution in [0.2, 0.25) is 0 Å². The van der Waals surface area contributed by atoms with Gasteiger partial charge in [0.1, 0.15) is 5.58 Å². The van der Waals surface area contributed by atoms with E-state index < -0.39 is 0 Å². The second-order valence-corrected chi connectivity index (χ2v) is 3.60. The highest BCUT2D eigenvalue weighted by Gasteiger charge is 2.00. The molecule has 0 atom stereocenters. The fourth-order valence-electron chi connectivity index (χ4n) is 1.09. The largest absolute Gasteiger partial charge is 0.423 e. The van der Waals surface area contributed by atoms with Crippen LogP contribution >= 0.6 is 25.3 Å². The first-order valence-corrected chi connectivity index (χ1v) is 4.52. The first kappa shape index (κ1) is 8.72. The second-order valence-electron chi connectivity index (χ2n) is 2.63. The SMILES string of the molecule is O=c1ccc2cc(S)c(S)cc2o1. The van der Waals surface area contributed by atoms with E-state index >= 15 is 0 Å². The van der Waals surface area contributed by atoms with Gasteiger partial charge in [-0.15, -0.1) is 25.3 Å². The maximum absolute atomic E-state index is 10.9. The number of benzene rings is 1. The average Bonchev–Trinajstić information content (AvgIpc) is 2.08. The lowest BCUT2D eigenvalue weighted by Gasteiger charge is -1.99. The van der Waals surface area contributed by atoms with E-state index in [1.54, 1.807) is 12.1 Å². The highest BCUT2D eigenvalue weighted by atomic mass is 32.1. The Balaban J connectivity index is 2.89. The van der Waals surface area contributed by atoms with Gasteiger partial charge in [0.25, 0.3) is 0 Å². The quantitative estimate of drug-likeness (QED) is 0.516. The van der Waals surface area contributed by atoms with Crippen molar-refractivity contribution in [3.63, 3.8) is 0 Å². The molecule has 0 unspecified atom stereocenters. The summed E-state index contributed by atoms with van der Waals surface area (Å²) >= 11 is 8.37. The van der Waals surface area contributed by atoms with Crippen LogP contribution in [0.5, 0.6) is 0 Å². The van der Waals surface area contributed by atoms with Gasteiger partial charge in [0.2, 0.25) is 0 Å². The van der Waals surface area contributed by atoms with Gasteiger partial charge < -0.3 is 4.42 Å². The van der Waals surface area contributed by atoms with Gasteiger partial charge in [-0.05, 0) is 18.2 Å². The summed E-state index contributed by atoms with van der Waals surface area (Å²) in [5, 5.41) is 0.849. The molecule has 0 saturated carbocycles. The van der Waals surface area contributed by atoms with Crippen LogP contribution in [-0.2, 0) is 0 Å². The highest BCUT2D eigenvalue weighted by Crippen LogP contribution is 2.23. The molecule has 0 saturated heterocycles. The first-order chi connectivity index (χ1) is 6.16. The van der Waals surface area contributed by atoms with E-state index in [0.717, 1.165) is 10.3 Å². The molecule has 66 valence electrons. The molecule has 0 bridgehead atoms. The summed E-state index contributed by atoms with van der Waals surface area (Å²) in [7, 11) is 0. The molecule has 4 heteroatoms. The molecule has 2 aromatic rings. The molecule has 0 radical (unpaired) electrons. The van der Waals surface area contributed by atoms with Crippen LogP contribution < -0.4 is 5.63 Å². The average molecular weight is 210 g/mol. The Hall–Kier alpha value is -0.870. The van der Waals surface area contributed by atoms with Gasteiger partial charge in [-0.1, -0.05) is 0 Å². The summed E-state index contributed by atoms with van der Waals surface area (Å²) in [4.78, 5) is 12.3. The molecule has 2 rings (SSSR count). The molecule has 0 aliphatic rings. The zero-order valence-electron chi connectivity index (χ0n) is 6.52. The molecule has 1 heterocycles. The molecular weight excluding hydrogens is 204 g/mol. The summed E-state index contributed by atoms with van der Waals surface area (Å²) in [6, 6.07) is 6.58. The molecule has 1 aromatic heterocycles. The number of thiol groups is 2. The molecular formula is C9H6O2S2. The van der Waals surface area contributed by atoms with Gasteiger partial charge in [-0.25, -0.2) is 4.79 Å². The standard InChI is InChI=1S/C9H6O2S2/c10-9-2-1-5-3-7(12)8(13)4-6(5)11-9/h1-4,12-13H. The van der Waals surface area contributed by atoms with Crippen molar-refractivity contribution >= 4 is 36.2 Å². The Morgan fingerprint density at radius 3 is 2.54 bits per heavy atom. The van der Waals surface area contributed by atoms with E-state index in [4.69, 9.17) is 4.42 Å². The fourth-order valence-corrected chi connectivity index (χ4v) is 1.48. The third-order valence-electron chi connectivity index (χ3n) is 1.72. The Labute approximate surface area is 85.4 Å². The molecule has 0 N–H and O–H groups in total. The Kier molecular flexibility index (Phi) is 2.09. The Morgan fingerprint density at radius 1 is 1.08 bits per heavy atom. The topological polar surface area (TPSA) is 30.2 Å². The zero-order valence-corrected chi connectivity index (χ0v) is 8.31. The van der Waals surface area contributed by atoms with E-state index in [2.05, 4.69) is 25.3 Å². The van der Waals surface area contributed by atoms with E-state index in [-0.39, 0.29) is 5.63 Å². The van der Waals surface area contributed by atoms with Crippen molar-refractivity contribution in [1.29, 1.82) is 0 Å². The van der Waals surface area contributed by atoms with Crippen molar-refractivity contribution < 1.29 is 4.42 Å².